The molecule has 0 amide bonds. The first-order valence-electron chi connectivity index (χ1n) is 6.31. The highest BCUT2D eigenvalue weighted by Crippen LogP contribution is 2.38. The van der Waals surface area contributed by atoms with Gasteiger partial charge in [0.15, 0.2) is 0 Å². The van der Waals surface area contributed by atoms with E-state index in [9.17, 15) is 0 Å². The van der Waals surface area contributed by atoms with Crippen LogP contribution in [0, 0.1) is 0 Å². The van der Waals surface area contributed by atoms with Crippen molar-refractivity contribution in [2.24, 2.45) is 0 Å². The van der Waals surface area contributed by atoms with Crippen molar-refractivity contribution in [3.05, 3.63) is 38.3 Å². The summed E-state index contributed by atoms with van der Waals surface area (Å²) in [6, 6.07) is 6.45. The second-order valence-corrected chi connectivity index (χ2v) is 6.98. The zero-order valence-electron chi connectivity index (χ0n) is 10.5. The van der Waals surface area contributed by atoms with Crippen molar-refractivity contribution in [1.29, 1.82) is 0 Å². The molecule has 0 spiro atoms. The summed E-state index contributed by atoms with van der Waals surface area (Å²) < 4.78 is 0.921. The summed E-state index contributed by atoms with van der Waals surface area (Å²) >= 11 is 11.3. The van der Waals surface area contributed by atoms with E-state index >= 15 is 0 Å². The van der Waals surface area contributed by atoms with E-state index in [1.165, 1.54) is 23.4 Å². The first-order chi connectivity index (χ1) is 9.19. The van der Waals surface area contributed by atoms with Crippen LogP contribution in [0.15, 0.2) is 22.7 Å². The molecule has 0 radical (unpaired) electrons. The lowest BCUT2D eigenvalue weighted by Crippen LogP contribution is -2.19. The first-order valence-corrected chi connectivity index (χ1v) is 8.30. The average molecular weight is 358 g/mol. The summed E-state index contributed by atoms with van der Waals surface area (Å²) in [5.41, 5.74) is 2.39. The highest BCUT2D eigenvalue weighted by atomic mass is 79.9. The Labute approximate surface area is 130 Å². The third kappa shape index (κ3) is 2.59. The average Bonchev–Trinajstić information content (AvgIpc) is 2.85. The van der Waals surface area contributed by atoms with Crippen molar-refractivity contribution in [2.45, 2.75) is 25.3 Å². The van der Waals surface area contributed by atoms with Crippen LogP contribution >= 0.6 is 38.9 Å². The van der Waals surface area contributed by atoms with E-state index in [1.807, 2.05) is 25.2 Å². The number of nitrogens with one attached hydrogen (secondary N) is 1. The number of thiazole rings is 1. The van der Waals surface area contributed by atoms with Crippen molar-refractivity contribution in [2.75, 3.05) is 7.05 Å². The van der Waals surface area contributed by atoms with Gasteiger partial charge in [0, 0.05) is 21.0 Å². The van der Waals surface area contributed by atoms with Crippen LogP contribution in [-0.2, 0) is 6.42 Å². The van der Waals surface area contributed by atoms with Gasteiger partial charge in [-0.3, -0.25) is 0 Å². The van der Waals surface area contributed by atoms with Crippen molar-refractivity contribution in [1.82, 2.24) is 10.3 Å². The Morgan fingerprint density at radius 3 is 3.05 bits per heavy atom. The summed E-state index contributed by atoms with van der Waals surface area (Å²) in [7, 11) is 2.03. The van der Waals surface area contributed by atoms with Gasteiger partial charge in [0.1, 0.15) is 5.01 Å². The van der Waals surface area contributed by atoms with Crippen molar-refractivity contribution in [3.8, 4) is 10.6 Å². The summed E-state index contributed by atoms with van der Waals surface area (Å²) in [4.78, 5) is 6.20. The molecule has 0 fully saturated rings. The molecule has 1 atom stereocenters. The first kappa shape index (κ1) is 13.6. The number of aromatic nitrogens is 1. The second-order valence-electron chi connectivity index (χ2n) is 4.69. The van der Waals surface area contributed by atoms with E-state index in [4.69, 9.17) is 16.6 Å². The SMILES string of the molecule is CNC1CCCc2nc(-c3ccc(Cl)c(Br)c3)sc21. The minimum atomic E-state index is 0.464. The molecule has 0 aliphatic heterocycles. The number of aryl methyl sites for hydroxylation is 1. The molecule has 19 heavy (non-hydrogen) atoms. The van der Waals surface area contributed by atoms with E-state index in [1.54, 1.807) is 11.3 Å². The number of fused-ring (bicyclic) bond motifs is 1. The van der Waals surface area contributed by atoms with Gasteiger partial charge in [-0.05, 0) is 54.4 Å². The van der Waals surface area contributed by atoms with Crippen LogP contribution in [0.4, 0.5) is 0 Å². The van der Waals surface area contributed by atoms with Crippen molar-refractivity contribution in [3.63, 3.8) is 0 Å². The monoisotopic (exact) mass is 356 g/mol. The van der Waals surface area contributed by atoms with E-state index < -0.39 is 0 Å². The van der Waals surface area contributed by atoms with Gasteiger partial charge in [-0.2, -0.15) is 0 Å². The molecule has 2 nitrogen and oxygen atoms in total. The fourth-order valence-corrected chi connectivity index (χ4v) is 4.20. The fourth-order valence-electron chi connectivity index (χ4n) is 2.45. The molecule has 0 saturated heterocycles. The summed E-state index contributed by atoms with van der Waals surface area (Å²) in [6.45, 7) is 0. The van der Waals surface area contributed by atoms with Crippen LogP contribution in [-0.4, -0.2) is 12.0 Å². The number of halogens is 2. The Hall–Kier alpha value is -0.420. The standard InChI is InChI=1S/C14H14BrClN2S/c1-17-11-3-2-4-12-13(11)19-14(18-12)8-5-6-10(16)9(15)7-8/h5-7,11,17H,2-4H2,1H3. The van der Waals surface area contributed by atoms with E-state index in [0.717, 1.165) is 26.5 Å². The Bertz CT molecular complexity index is 611. The highest BCUT2D eigenvalue weighted by Gasteiger charge is 2.23. The molecule has 2 aromatic rings. The molecule has 1 unspecified atom stereocenters. The van der Waals surface area contributed by atoms with Gasteiger partial charge in [0.25, 0.3) is 0 Å². The molecular weight excluding hydrogens is 344 g/mol. The van der Waals surface area contributed by atoms with Crippen LogP contribution in [0.2, 0.25) is 5.02 Å². The van der Waals surface area contributed by atoms with Crippen LogP contribution in [0.5, 0.6) is 0 Å². The third-order valence-corrected chi connectivity index (χ3v) is 5.94. The molecule has 1 aliphatic rings. The number of nitrogens with zero attached hydrogens (tertiary/aromatic N) is 1. The summed E-state index contributed by atoms with van der Waals surface area (Å²) in [6.07, 6.45) is 3.51. The molecule has 5 heteroatoms. The highest BCUT2D eigenvalue weighted by molar-refractivity contribution is 9.10. The van der Waals surface area contributed by atoms with Gasteiger partial charge in [-0.25, -0.2) is 4.98 Å². The third-order valence-electron chi connectivity index (χ3n) is 3.47. The Balaban J connectivity index is 2.02. The second kappa shape index (κ2) is 5.52. The van der Waals surface area contributed by atoms with Crippen molar-refractivity contribution < 1.29 is 0 Å². The maximum Gasteiger partial charge on any atom is 0.123 e. The number of benzene rings is 1. The number of hydrogen-bond acceptors (Lipinski definition) is 3. The fraction of sp³-hybridized carbons (Fsp3) is 0.357. The van der Waals surface area contributed by atoms with Gasteiger partial charge in [-0.15, -0.1) is 11.3 Å². The predicted molar refractivity (Wildman–Crippen MR) is 85.0 cm³/mol. The maximum atomic E-state index is 6.04. The molecular formula is C14H14BrClN2S. The van der Waals surface area contributed by atoms with Crippen molar-refractivity contribution >= 4 is 38.9 Å². The lowest BCUT2D eigenvalue weighted by Gasteiger charge is -2.19. The smallest absolute Gasteiger partial charge is 0.123 e. The molecule has 1 heterocycles. The summed E-state index contributed by atoms with van der Waals surface area (Å²) in [5, 5.41) is 5.21. The molecule has 3 rings (SSSR count). The van der Waals surface area contributed by atoms with Crippen LogP contribution in [0.3, 0.4) is 0 Å². The molecule has 0 saturated carbocycles. The molecule has 1 aliphatic carbocycles. The zero-order chi connectivity index (χ0) is 13.4. The molecule has 1 aromatic heterocycles. The van der Waals surface area contributed by atoms with Gasteiger partial charge in [-0.1, -0.05) is 17.7 Å². The maximum absolute atomic E-state index is 6.04. The van der Waals surface area contributed by atoms with Crippen LogP contribution < -0.4 is 5.32 Å². The quantitative estimate of drug-likeness (QED) is 0.833. The normalized spacial score (nSPS) is 18.4. The molecule has 1 aromatic carbocycles. The largest absolute Gasteiger partial charge is 0.312 e. The van der Waals surface area contributed by atoms with Gasteiger partial charge in [0.2, 0.25) is 0 Å². The van der Waals surface area contributed by atoms with E-state index in [2.05, 4.69) is 21.2 Å². The Kier molecular flexibility index (Phi) is 3.94. The lowest BCUT2D eigenvalue weighted by molar-refractivity contribution is 0.501. The predicted octanol–water partition coefficient (Wildman–Crippen LogP) is 4.82. The number of hydrogen-bond donors (Lipinski definition) is 1. The number of rotatable bonds is 2. The zero-order valence-corrected chi connectivity index (χ0v) is 13.7. The van der Waals surface area contributed by atoms with Crippen LogP contribution in [0.25, 0.3) is 10.6 Å². The Morgan fingerprint density at radius 2 is 2.32 bits per heavy atom. The van der Waals surface area contributed by atoms with Gasteiger partial charge >= 0.3 is 0 Å². The Morgan fingerprint density at radius 1 is 1.47 bits per heavy atom. The van der Waals surface area contributed by atoms with Gasteiger partial charge < -0.3 is 5.32 Å². The van der Waals surface area contributed by atoms with Gasteiger partial charge in [0.05, 0.1) is 10.7 Å². The minimum absolute atomic E-state index is 0.464. The lowest BCUT2D eigenvalue weighted by atomic mass is 9.98. The molecule has 0 bridgehead atoms. The van der Waals surface area contributed by atoms with E-state index in [-0.39, 0.29) is 0 Å². The molecule has 1 N–H and O–H groups in total. The van der Waals surface area contributed by atoms with E-state index in [0.29, 0.717) is 6.04 Å². The topological polar surface area (TPSA) is 24.9 Å². The summed E-state index contributed by atoms with van der Waals surface area (Å²) in [5.74, 6) is 0. The van der Waals surface area contributed by atoms with Crippen LogP contribution in [0.1, 0.15) is 29.5 Å². The molecule has 100 valence electrons. The minimum Gasteiger partial charge on any atom is -0.312 e.